The third kappa shape index (κ3) is 2.73. The van der Waals surface area contributed by atoms with Gasteiger partial charge < -0.3 is 10.8 Å². The summed E-state index contributed by atoms with van der Waals surface area (Å²) in [6.07, 6.45) is 5.08. The Labute approximate surface area is 82.1 Å². The summed E-state index contributed by atoms with van der Waals surface area (Å²) in [7, 11) is 1.54. The van der Waals surface area contributed by atoms with Crippen molar-refractivity contribution in [2.75, 3.05) is 7.05 Å². The second-order valence-corrected chi connectivity index (χ2v) is 2.98. The topological polar surface area (TPSA) is 58.6 Å². The van der Waals surface area contributed by atoms with E-state index in [0.717, 1.165) is 0 Å². The molecule has 0 fully saturated rings. The first-order chi connectivity index (χ1) is 6.63. The van der Waals surface area contributed by atoms with Gasteiger partial charge in [0, 0.05) is 19.5 Å². The predicted octanol–water partition coefficient (Wildman–Crippen LogP) is 1.99. The van der Waals surface area contributed by atoms with E-state index in [-0.39, 0.29) is 17.4 Å². The van der Waals surface area contributed by atoms with Gasteiger partial charge in [0.15, 0.2) is 0 Å². The molecule has 0 aromatic heterocycles. The van der Waals surface area contributed by atoms with Crippen LogP contribution in [0, 0.1) is 0 Å². The fraction of sp³-hybridized carbons (Fsp3) is 0.300. The molecule has 1 aliphatic rings. The maximum absolute atomic E-state index is 12.6. The normalized spacial score (nSPS) is 19.0. The quantitative estimate of drug-likeness (QED) is 0.403. The van der Waals surface area contributed by atoms with Crippen LogP contribution in [0.4, 0.5) is 4.39 Å². The number of aliphatic hydroxyl groups excluding tert-OH is 1. The molecule has 0 unspecified atom stereocenters. The lowest BCUT2D eigenvalue weighted by molar-refractivity contribution is 0.417. The lowest BCUT2D eigenvalue weighted by atomic mass is 10.0. The minimum atomic E-state index is -0.168. The van der Waals surface area contributed by atoms with E-state index in [1.165, 1.54) is 19.2 Å². The fourth-order valence-corrected chi connectivity index (χ4v) is 1.12. The molecule has 0 aromatic rings. The van der Waals surface area contributed by atoms with E-state index in [4.69, 9.17) is 5.73 Å². The van der Waals surface area contributed by atoms with Gasteiger partial charge in [-0.1, -0.05) is 6.08 Å². The Bertz CT molecular complexity index is 340. The number of aliphatic imine (C=N–C) groups is 1. The molecule has 0 atom stereocenters. The fourth-order valence-electron chi connectivity index (χ4n) is 1.12. The van der Waals surface area contributed by atoms with Crippen molar-refractivity contribution in [2.24, 2.45) is 10.7 Å². The average molecular weight is 196 g/mol. The summed E-state index contributed by atoms with van der Waals surface area (Å²) in [5, 5.41) is 9.54. The molecule has 0 aliphatic heterocycles. The van der Waals surface area contributed by atoms with Crippen LogP contribution in [-0.2, 0) is 0 Å². The van der Waals surface area contributed by atoms with Crippen molar-refractivity contribution in [3.63, 3.8) is 0 Å². The summed E-state index contributed by atoms with van der Waals surface area (Å²) < 4.78 is 12.6. The zero-order valence-electron chi connectivity index (χ0n) is 8.00. The van der Waals surface area contributed by atoms with Crippen molar-refractivity contribution in [3.8, 4) is 0 Å². The Kier molecular flexibility index (Phi) is 3.45. The van der Waals surface area contributed by atoms with Gasteiger partial charge >= 0.3 is 0 Å². The highest BCUT2D eigenvalue weighted by atomic mass is 19.1. The van der Waals surface area contributed by atoms with Gasteiger partial charge in [0.05, 0.1) is 0 Å². The molecule has 1 rings (SSSR count). The molecule has 1 aliphatic carbocycles. The molecule has 0 radical (unpaired) electrons. The second-order valence-electron chi connectivity index (χ2n) is 2.98. The van der Waals surface area contributed by atoms with Gasteiger partial charge in [-0.2, -0.15) is 0 Å². The molecular formula is C10H13FN2O. The Morgan fingerprint density at radius 2 is 2.29 bits per heavy atom. The summed E-state index contributed by atoms with van der Waals surface area (Å²) in [4.78, 5) is 3.68. The first kappa shape index (κ1) is 10.5. The van der Waals surface area contributed by atoms with E-state index in [0.29, 0.717) is 18.4 Å². The van der Waals surface area contributed by atoms with Crippen molar-refractivity contribution in [1.29, 1.82) is 0 Å². The SMILES string of the molecule is CN=C(N)/C=C(\O)C1=CC=C(F)CC1. The summed E-state index contributed by atoms with van der Waals surface area (Å²) in [5.41, 5.74) is 6.08. The molecule has 76 valence electrons. The number of rotatable bonds is 2. The molecule has 0 spiro atoms. The summed E-state index contributed by atoms with van der Waals surface area (Å²) in [6, 6.07) is 0. The van der Waals surface area contributed by atoms with Crippen LogP contribution in [0.5, 0.6) is 0 Å². The smallest absolute Gasteiger partial charge is 0.122 e. The van der Waals surface area contributed by atoms with Gasteiger partial charge in [-0.15, -0.1) is 0 Å². The second kappa shape index (κ2) is 4.60. The maximum atomic E-state index is 12.6. The van der Waals surface area contributed by atoms with Crippen LogP contribution < -0.4 is 5.73 Å². The maximum Gasteiger partial charge on any atom is 0.122 e. The number of aliphatic hydroxyl groups is 1. The van der Waals surface area contributed by atoms with Crippen molar-refractivity contribution < 1.29 is 9.50 Å². The molecule has 0 saturated carbocycles. The lowest BCUT2D eigenvalue weighted by Gasteiger charge is -2.09. The lowest BCUT2D eigenvalue weighted by Crippen LogP contribution is -2.09. The minimum absolute atomic E-state index is 0.0526. The van der Waals surface area contributed by atoms with Crippen LogP contribution in [-0.4, -0.2) is 18.0 Å². The van der Waals surface area contributed by atoms with Crippen molar-refractivity contribution in [2.45, 2.75) is 12.8 Å². The number of hydrogen-bond acceptors (Lipinski definition) is 2. The van der Waals surface area contributed by atoms with Crippen LogP contribution in [0.3, 0.4) is 0 Å². The largest absolute Gasteiger partial charge is 0.508 e. The van der Waals surface area contributed by atoms with Gasteiger partial charge in [0.2, 0.25) is 0 Å². The van der Waals surface area contributed by atoms with E-state index in [1.807, 2.05) is 0 Å². The van der Waals surface area contributed by atoms with Gasteiger partial charge in [-0.05, 0) is 18.1 Å². The summed E-state index contributed by atoms with van der Waals surface area (Å²) >= 11 is 0. The standard InChI is InChI=1S/C10H13FN2O/c1-13-10(12)6-9(14)7-2-4-8(11)5-3-7/h2,4,6,14H,3,5H2,1H3,(H2,12,13)/b9-6-. The van der Waals surface area contributed by atoms with E-state index in [1.54, 1.807) is 6.08 Å². The van der Waals surface area contributed by atoms with Gasteiger partial charge in [0.25, 0.3) is 0 Å². The third-order valence-corrected chi connectivity index (χ3v) is 1.97. The van der Waals surface area contributed by atoms with Crippen molar-refractivity contribution >= 4 is 5.84 Å². The van der Waals surface area contributed by atoms with E-state index in [2.05, 4.69) is 4.99 Å². The molecule has 0 amide bonds. The van der Waals surface area contributed by atoms with Gasteiger partial charge in [0.1, 0.15) is 17.4 Å². The number of nitrogens with zero attached hydrogens (tertiary/aromatic N) is 1. The molecule has 0 bridgehead atoms. The highest BCUT2D eigenvalue weighted by molar-refractivity contribution is 5.92. The monoisotopic (exact) mass is 196 g/mol. The molecular weight excluding hydrogens is 183 g/mol. The Morgan fingerprint density at radius 1 is 1.57 bits per heavy atom. The van der Waals surface area contributed by atoms with Crippen molar-refractivity contribution in [3.05, 3.63) is 35.4 Å². The third-order valence-electron chi connectivity index (χ3n) is 1.97. The van der Waals surface area contributed by atoms with E-state index in [9.17, 15) is 9.50 Å². The Morgan fingerprint density at radius 3 is 2.79 bits per heavy atom. The van der Waals surface area contributed by atoms with Gasteiger partial charge in [-0.25, -0.2) is 4.39 Å². The van der Waals surface area contributed by atoms with Crippen LogP contribution >= 0.6 is 0 Å². The average Bonchev–Trinajstić information content (AvgIpc) is 2.18. The molecule has 0 aromatic carbocycles. The van der Waals surface area contributed by atoms with Gasteiger partial charge in [-0.3, -0.25) is 4.99 Å². The van der Waals surface area contributed by atoms with Crippen LogP contribution in [0.15, 0.2) is 40.4 Å². The minimum Gasteiger partial charge on any atom is -0.508 e. The van der Waals surface area contributed by atoms with E-state index >= 15 is 0 Å². The Hall–Kier alpha value is -1.58. The summed E-state index contributed by atoms with van der Waals surface area (Å²) in [5.74, 6) is 0.133. The zero-order chi connectivity index (χ0) is 10.6. The first-order valence-corrected chi connectivity index (χ1v) is 4.32. The predicted molar refractivity (Wildman–Crippen MR) is 54.8 cm³/mol. The first-order valence-electron chi connectivity index (χ1n) is 4.32. The molecule has 3 nitrogen and oxygen atoms in total. The number of amidine groups is 1. The summed E-state index contributed by atoms with van der Waals surface area (Å²) in [6.45, 7) is 0. The molecule has 4 heteroatoms. The Balaban J connectivity index is 2.81. The number of nitrogens with two attached hydrogens (primary N) is 1. The van der Waals surface area contributed by atoms with E-state index < -0.39 is 0 Å². The van der Waals surface area contributed by atoms with Crippen LogP contribution in [0.25, 0.3) is 0 Å². The highest BCUT2D eigenvalue weighted by Crippen LogP contribution is 2.22. The molecule has 3 N–H and O–H groups in total. The molecule has 14 heavy (non-hydrogen) atoms. The number of halogens is 1. The number of allylic oxidation sites excluding steroid dienone is 4. The number of hydrogen-bond donors (Lipinski definition) is 2. The highest BCUT2D eigenvalue weighted by Gasteiger charge is 2.09. The molecule has 0 saturated heterocycles. The zero-order valence-corrected chi connectivity index (χ0v) is 8.00. The van der Waals surface area contributed by atoms with Crippen LogP contribution in [0.1, 0.15) is 12.8 Å². The van der Waals surface area contributed by atoms with Crippen LogP contribution in [0.2, 0.25) is 0 Å². The van der Waals surface area contributed by atoms with Crippen molar-refractivity contribution in [1.82, 2.24) is 0 Å². The molecule has 0 heterocycles.